The molecule has 8 nitrogen and oxygen atoms in total. The maximum Gasteiger partial charge on any atom is 0.338 e. The van der Waals surface area contributed by atoms with E-state index in [2.05, 4.69) is 10.6 Å². The highest BCUT2D eigenvalue weighted by molar-refractivity contribution is 7.99. The van der Waals surface area contributed by atoms with Crippen molar-refractivity contribution < 1.29 is 28.7 Å². The number of hydrogen-bond donors (Lipinski definition) is 2. The number of ether oxygens (including phenoxy) is 2. The van der Waals surface area contributed by atoms with Crippen molar-refractivity contribution in [3.05, 3.63) is 83.4 Å². The highest BCUT2D eigenvalue weighted by Crippen LogP contribution is 2.29. The molecule has 0 fully saturated rings. The number of rotatable bonds is 13. The van der Waals surface area contributed by atoms with E-state index in [0.717, 1.165) is 16.2 Å². The fourth-order valence-electron chi connectivity index (χ4n) is 3.24. The summed E-state index contributed by atoms with van der Waals surface area (Å²) in [6, 6.07) is 21.2. The molecule has 0 radical (unpaired) electrons. The van der Waals surface area contributed by atoms with Gasteiger partial charge in [-0.15, -0.1) is 0 Å². The summed E-state index contributed by atoms with van der Waals surface area (Å²) in [6.07, 6.45) is 1.15. The lowest BCUT2D eigenvalue weighted by molar-refractivity contribution is -0.147. The molecule has 0 unspecified atom stereocenters. The van der Waals surface area contributed by atoms with Gasteiger partial charge >= 0.3 is 11.9 Å². The molecule has 3 aromatic rings. The molecule has 2 N–H and O–H groups in total. The molecular weight excluding hydrogens is 540 g/mol. The molecule has 3 rings (SSSR count). The molecule has 39 heavy (non-hydrogen) atoms. The van der Waals surface area contributed by atoms with E-state index in [0.29, 0.717) is 28.6 Å². The normalized spacial score (nSPS) is 10.4. The van der Waals surface area contributed by atoms with Crippen LogP contribution in [0.3, 0.4) is 0 Å². The third kappa shape index (κ3) is 10.8. The van der Waals surface area contributed by atoms with Gasteiger partial charge in [0.25, 0.3) is 5.91 Å². The van der Waals surface area contributed by atoms with Gasteiger partial charge in [-0.25, -0.2) is 4.79 Å². The molecule has 0 spiro atoms. The summed E-state index contributed by atoms with van der Waals surface area (Å²) in [4.78, 5) is 50.1. The lowest BCUT2D eigenvalue weighted by Gasteiger charge is -2.08. The van der Waals surface area contributed by atoms with Crippen molar-refractivity contribution in [1.82, 2.24) is 0 Å². The highest BCUT2D eigenvalue weighted by atomic mass is 35.5. The van der Waals surface area contributed by atoms with Gasteiger partial charge in [0.1, 0.15) is 0 Å². The maximum absolute atomic E-state index is 12.2. The molecular formula is C29H29ClN2O6S. The lowest BCUT2D eigenvalue weighted by Crippen LogP contribution is -2.21. The predicted octanol–water partition coefficient (Wildman–Crippen LogP) is 6.35. The minimum Gasteiger partial charge on any atom is -0.462 e. The summed E-state index contributed by atoms with van der Waals surface area (Å²) in [6.45, 7) is 1.79. The predicted molar refractivity (Wildman–Crippen MR) is 151 cm³/mol. The van der Waals surface area contributed by atoms with Crippen molar-refractivity contribution in [1.29, 1.82) is 0 Å². The van der Waals surface area contributed by atoms with Crippen LogP contribution in [0.25, 0.3) is 0 Å². The first kappa shape index (κ1) is 29.7. The molecule has 0 aromatic heterocycles. The average Bonchev–Trinajstić information content (AvgIpc) is 2.93. The van der Waals surface area contributed by atoms with Gasteiger partial charge in [-0.05, 0) is 85.6 Å². The van der Waals surface area contributed by atoms with Crippen LogP contribution in [-0.2, 0) is 23.9 Å². The first-order chi connectivity index (χ1) is 18.8. The zero-order chi connectivity index (χ0) is 28.0. The van der Waals surface area contributed by atoms with Gasteiger partial charge in [0.2, 0.25) is 5.91 Å². The second-order valence-corrected chi connectivity index (χ2v) is 9.99. The number of hydrogen-bond acceptors (Lipinski definition) is 7. The molecule has 0 saturated heterocycles. The van der Waals surface area contributed by atoms with Crippen LogP contribution >= 0.6 is 23.4 Å². The molecule has 3 aromatic carbocycles. The fourth-order valence-corrected chi connectivity index (χ4v) is 4.19. The van der Waals surface area contributed by atoms with Gasteiger partial charge in [0.05, 0.1) is 12.2 Å². The summed E-state index contributed by atoms with van der Waals surface area (Å²) >= 11 is 7.50. The lowest BCUT2D eigenvalue weighted by atomic mass is 10.2. The Hall–Kier alpha value is -3.82. The summed E-state index contributed by atoms with van der Waals surface area (Å²) in [5, 5.41) is 6.07. The number of esters is 2. The number of halogens is 1. The summed E-state index contributed by atoms with van der Waals surface area (Å²) < 4.78 is 10.0. The Morgan fingerprint density at radius 1 is 0.744 bits per heavy atom. The van der Waals surface area contributed by atoms with Gasteiger partial charge in [0.15, 0.2) is 6.61 Å². The monoisotopic (exact) mass is 568 g/mol. The van der Waals surface area contributed by atoms with E-state index in [1.807, 2.05) is 55.5 Å². The molecule has 2 amide bonds. The van der Waals surface area contributed by atoms with E-state index >= 15 is 0 Å². The van der Waals surface area contributed by atoms with Crippen molar-refractivity contribution in [2.45, 2.75) is 42.4 Å². The molecule has 0 aliphatic heterocycles. The molecule has 0 saturated carbocycles. The smallest absolute Gasteiger partial charge is 0.338 e. The van der Waals surface area contributed by atoms with Crippen molar-refractivity contribution in [3.8, 4) is 0 Å². The van der Waals surface area contributed by atoms with Crippen LogP contribution in [0.5, 0.6) is 0 Å². The van der Waals surface area contributed by atoms with Crippen LogP contribution in [0, 0.1) is 0 Å². The van der Waals surface area contributed by atoms with E-state index in [9.17, 15) is 19.2 Å². The Bertz CT molecular complexity index is 1260. The average molecular weight is 569 g/mol. The van der Waals surface area contributed by atoms with Crippen LogP contribution < -0.4 is 10.6 Å². The van der Waals surface area contributed by atoms with Gasteiger partial charge in [-0.1, -0.05) is 30.3 Å². The van der Waals surface area contributed by atoms with Crippen LogP contribution in [-0.4, -0.2) is 37.0 Å². The van der Waals surface area contributed by atoms with Crippen LogP contribution in [0.1, 0.15) is 43.0 Å². The van der Waals surface area contributed by atoms with Crippen LogP contribution in [0.2, 0.25) is 5.02 Å². The van der Waals surface area contributed by atoms with E-state index in [1.54, 1.807) is 36.0 Å². The highest BCUT2D eigenvalue weighted by Gasteiger charge is 2.11. The number of nitrogens with one attached hydrogen (secondary N) is 2. The number of anilines is 2. The van der Waals surface area contributed by atoms with Crippen molar-refractivity contribution in [2.24, 2.45) is 0 Å². The fraction of sp³-hybridized carbons (Fsp3) is 0.241. The van der Waals surface area contributed by atoms with E-state index in [4.69, 9.17) is 21.1 Å². The maximum atomic E-state index is 12.2. The topological polar surface area (TPSA) is 111 Å². The zero-order valence-electron chi connectivity index (χ0n) is 21.4. The van der Waals surface area contributed by atoms with Gasteiger partial charge in [-0.2, -0.15) is 0 Å². The van der Waals surface area contributed by atoms with Crippen molar-refractivity contribution in [2.75, 3.05) is 23.8 Å². The Labute approximate surface area is 236 Å². The SMILES string of the molecule is CCCOC(=O)c1ccc(NC(=O)COC(=O)CCCC(=O)Nc2ccc(Sc3ccc(Cl)cc3)cc2)cc1. The largest absolute Gasteiger partial charge is 0.462 e. The standard InChI is InChI=1S/C29H29ClN2O6S/c1-2-18-37-29(36)20-6-10-22(11-7-20)32-27(34)19-38-28(35)5-3-4-26(33)31-23-12-16-25(17-13-23)39-24-14-8-21(30)9-15-24/h6-17H,2-5,18-19H2,1H3,(H,31,33)(H,32,34). The first-order valence-corrected chi connectivity index (χ1v) is 13.6. The molecule has 0 aliphatic carbocycles. The number of benzene rings is 3. The van der Waals surface area contributed by atoms with E-state index in [1.165, 1.54) is 0 Å². The van der Waals surface area contributed by atoms with Crippen LogP contribution in [0.4, 0.5) is 11.4 Å². The van der Waals surface area contributed by atoms with Gasteiger partial charge in [0, 0.05) is 39.0 Å². The minimum absolute atomic E-state index is 0.00589. The molecule has 10 heteroatoms. The van der Waals surface area contributed by atoms with Crippen LogP contribution in [0.15, 0.2) is 82.6 Å². The second kappa shape index (κ2) is 15.6. The number of carbonyl (C=O) groups excluding carboxylic acids is 4. The number of amides is 2. The van der Waals surface area contributed by atoms with Gasteiger partial charge in [-0.3, -0.25) is 14.4 Å². The van der Waals surface area contributed by atoms with Crippen molar-refractivity contribution in [3.63, 3.8) is 0 Å². The van der Waals surface area contributed by atoms with Gasteiger partial charge < -0.3 is 20.1 Å². The molecule has 0 heterocycles. The first-order valence-electron chi connectivity index (χ1n) is 12.4. The molecule has 0 aliphatic rings. The quantitative estimate of drug-likeness (QED) is 0.231. The Morgan fingerprint density at radius 2 is 1.31 bits per heavy atom. The van der Waals surface area contributed by atoms with E-state index < -0.39 is 24.5 Å². The van der Waals surface area contributed by atoms with Crippen molar-refractivity contribution >= 4 is 58.5 Å². The second-order valence-electron chi connectivity index (χ2n) is 8.40. The summed E-state index contributed by atoms with van der Waals surface area (Å²) in [5.74, 6) is -1.74. The molecule has 204 valence electrons. The molecule has 0 bridgehead atoms. The Kier molecular flexibility index (Phi) is 11.9. The minimum atomic E-state index is -0.574. The Morgan fingerprint density at radius 3 is 1.92 bits per heavy atom. The summed E-state index contributed by atoms with van der Waals surface area (Å²) in [7, 11) is 0. The third-order valence-electron chi connectivity index (χ3n) is 5.18. The Balaban J connectivity index is 1.31. The third-order valence-corrected chi connectivity index (χ3v) is 6.45. The zero-order valence-corrected chi connectivity index (χ0v) is 23.0. The van der Waals surface area contributed by atoms with E-state index in [-0.39, 0.29) is 25.2 Å². The number of carbonyl (C=O) groups is 4. The summed E-state index contributed by atoms with van der Waals surface area (Å²) in [5.41, 5.74) is 1.49. The molecule has 0 atom stereocenters.